The van der Waals surface area contributed by atoms with Crippen LogP contribution in [0.5, 0.6) is 0 Å². The predicted octanol–water partition coefficient (Wildman–Crippen LogP) is 4.24. The molecule has 180 valence electrons. The molecular weight excluding hydrogens is 524 g/mol. The number of benzene rings is 1. The quantitative estimate of drug-likeness (QED) is 0.352. The van der Waals surface area contributed by atoms with Crippen molar-refractivity contribution in [1.29, 1.82) is 5.41 Å². The van der Waals surface area contributed by atoms with Crippen molar-refractivity contribution in [1.82, 2.24) is 0 Å². The summed E-state index contributed by atoms with van der Waals surface area (Å²) in [5.41, 5.74) is 1.88. The zero-order chi connectivity index (χ0) is 24.9. The van der Waals surface area contributed by atoms with Crippen molar-refractivity contribution in [2.45, 2.75) is 0 Å². The van der Waals surface area contributed by atoms with Crippen LogP contribution in [0.3, 0.4) is 0 Å². The Hall–Kier alpha value is -2.97. The van der Waals surface area contributed by atoms with E-state index in [1.54, 1.807) is 40.6 Å². The number of hydrogen-bond donors (Lipinski definition) is 4. The molecule has 0 aliphatic carbocycles. The first-order valence-corrected chi connectivity index (χ1v) is 13.4. The van der Waals surface area contributed by atoms with Gasteiger partial charge in [-0.25, -0.2) is 0 Å². The average molecular weight is 543 g/mol. The van der Waals surface area contributed by atoms with Gasteiger partial charge in [0.2, 0.25) is 0 Å². The van der Waals surface area contributed by atoms with Crippen LogP contribution in [-0.2, 0) is 14.9 Å². The van der Waals surface area contributed by atoms with Gasteiger partial charge in [-0.15, -0.1) is 22.7 Å². The number of halogens is 1. The molecular formula is C20H19ClN4O6S3. The highest BCUT2D eigenvalue weighted by molar-refractivity contribution is 7.85. The van der Waals surface area contributed by atoms with Crippen molar-refractivity contribution >= 4 is 79.3 Å². The summed E-state index contributed by atoms with van der Waals surface area (Å²) in [4.78, 5) is 27.6. The largest absolute Gasteiger partial charge is 0.463 e. The number of nitrogens with zero attached hydrogens (tertiary/aromatic N) is 1. The second kappa shape index (κ2) is 11.0. The lowest BCUT2D eigenvalue weighted by Crippen LogP contribution is -2.23. The Bertz CT molecular complexity index is 1300. The lowest BCUT2D eigenvalue weighted by molar-refractivity contribution is 0.103. The number of ether oxygens (including phenoxy) is 1. The summed E-state index contributed by atoms with van der Waals surface area (Å²) in [7, 11) is -3.67. The molecule has 1 saturated heterocycles. The van der Waals surface area contributed by atoms with E-state index in [0.29, 0.717) is 44.9 Å². The maximum absolute atomic E-state index is 12.7. The van der Waals surface area contributed by atoms with Crippen molar-refractivity contribution in [3.8, 4) is 0 Å². The van der Waals surface area contributed by atoms with Gasteiger partial charge in [-0.2, -0.15) is 8.42 Å². The van der Waals surface area contributed by atoms with Crippen LogP contribution in [-0.4, -0.2) is 50.2 Å². The van der Waals surface area contributed by atoms with E-state index in [2.05, 4.69) is 10.6 Å². The molecule has 10 nitrogen and oxygen atoms in total. The zero-order valence-corrected chi connectivity index (χ0v) is 20.8. The smallest absolute Gasteiger partial charge is 0.289 e. The molecule has 0 unspecified atom stereocenters. The summed E-state index contributed by atoms with van der Waals surface area (Å²) in [6.07, 6.45) is 0.715. The molecule has 1 fully saturated rings. The summed E-state index contributed by atoms with van der Waals surface area (Å²) < 4.78 is 31.5. The van der Waals surface area contributed by atoms with Gasteiger partial charge in [0.15, 0.2) is 0 Å². The van der Waals surface area contributed by atoms with Crippen molar-refractivity contribution in [3.63, 3.8) is 0 Å². The Morgan fingerprint density at radius 2 is 1.79 bits per heavy atom. The monoisotopic (exact) mass is 542 g/mol. The molecule has 1 aliphatic rings. The van der Waals surface area contributed by atoms with Gasteiger partial charge in [-0.3, -0.25) is 24.5 Å². The van der Waals surface area contributed by atoms with Gasteiger partial charge in [0, 0.05) is 11.4 Å². The lowest BCUT2D eigenvalue weighted by Gasteiger charge is -2.15. The van der Waals surface area contributed by atoms with Crippen LogP contribution in [0.15, 0.2) is 47.8 Å². The van der Waals surface area contributed by atoms with Crippen LogP contribution in [0.25, 0.3) is 0 Å². The van der Waals surface area contributed by atoms with E-state index in [9.17, 15) is 18.0 Å². The van der Waals surface area contributed by atoms with Crippen LogP contribution in [0, 0.1) is 5.41 Å². The second-order valence-corrected chi connectivity index (χ2v) is 10.9. The van der Waals surface area contributed by atoms with Gasteiger partial charge in [0.05, 0.1) is 27.7 Å². The number of amidine groups is 1. The minimum atomic E-state index is -3.67. The molecule has 4 N–H and O–H groups in total. The molecule has 0 spiro atoms. The van der Waals surface area contributed by atoms with Crippen LogP contribution in [0.4, 0.5) is 17.1 Å². The van der Waals surface area contributed by atoms with E-state index < -0.39 is 10.1 Å². The molecule has 0 radical (unpaired) electrons. The molecule has 0 saturated carbocycles. The van der Waals surface area contributed by atoms with Crippen LogP contribution < -0.4 is 15.5 Å². The van der Waals surface area contributed by atoms with E-state index in [1.165, 1.54) is 22.7 Å². The highest BCUT2D eigenvalue weighted by Gasteiger charge is 2.20. The first-order valence-electron chi connectivity index (χ1n) is 9.48. The van der Waals surface area contributed by atoms with Gasteiger partial charge in [0.25, 0.3) is 28.0 Å². The van der Waals surface area contributed by atoms with E-state index in [4.69, 9.17) is 26.3 Å². The Labute approximate surface area is 208 Å². The van der Waals surface area contributed by atoms with E-state index >= 15 is 0 Å². The third-order valence-electron chi connectivity index (χ3n) is 4.15. The number of anilines is 3. The minimum absolute atomic E-state index is 0.118. The Kier molecular flexibility index (Phi) is 8.28. The number of nitrogens with one attached hydrogen (secondary N) is 3. The lowest BCUT2D eigenvalue weighted by atomic mass is 10.2. The molecule has 2 aromatic heterocycles. The number of hydrogen-bond acceptors (Lipinski definition) is 8. The SMILES string of the molecule is CS(=O)(=O)O.N=C1OCCN1c1ccc(NC(=O)c2sccc2NC(=O)c2ccc(Cl)s2)cc1. The number of carbonyl (C=O) groups excluding carboxylic acids is 2. The fourth-order valence-electron chi connectivity index (χ4n) is 2.78. The minimum Gasteiger partial charge on any atom is -0.463 e. The number of rotatable bonds is 5. The number of thiophene rings is 2. The van der Waals surface area contributed by atoms with Gasteiger partial charge in [-0.05, 0) is 47.8 Å². The molecule has 14 heteroatoms. The van der Waals surface area contributed by atoms with Crippen molar-refractivity contribution in [2.75, 3.05) is 34.9 Å². The Morgan fingerprint density at radius 1 is 1.12 bits per heavy atom. The van der Waals surface area contributed by atoms with Crippen molar-refractivity contribution in [2.24, 2.45) is 0 Å². The molecule has 3 aromatic rings. The Morgan fingerprint density at radius 3 is 2.35 bits per heavy atom. The fraction of sp³-hybridized carbons (Fsp3) is 0.150. The number of carbonyl (C=O) groups is 2. The predicted molar refractivity (Wildman–Crippen MR) is 134 cm³/mol. The maximum atomic E-state index is 12.7. The van der Waals surface area contributed by atoms with Crippen LogP contribution in [0.2, 0.25) is 4.34 Å². The fourth-order valence-corrected chi connectivity index (χ4v) is 4.46. The first-order chi connectivity index (χ1) is 16.0. The molecule has 4 rings (SSSR count). The van der Waals surface area contributed by atoms with Crippen LogP contribution >= 0.6 is 34.3 Å². The molecule has 0 atom stereocenters. The third-order valence-corrected chi connectivity index (χ3v) is 6.30. The highest BCUT2D eigenvalue weighted by Crippen LogP contribution is 2.27. The maximum Gasteiger partial charge on any atom is 0.289 e. The summed E-state index contributed by atoms with van der Waals surface area (Å²) >= 11 is 8.29. The zero-order valence-electron chi connectivity index (χ0n) is 17.6. The average Bonchev–Trinajstić information content (AvgIpc) is 3.49. The van der Waals surface area contributed by atoms with Gasteiger partial charge < -0.3 is 15.4 Å². The van der Waals surface area contributed by atoms with Crippen molar-refractivity contribution < 1.29 is 27.3 Å². The van der Waals surface area contributed by atoms with Crippen LogP contribution in [0.1, 0.15) is 19.3 Å². The molecule has 1 aliphatic heterocycles. The summed E-state index contributed by atoms with van der Waals surface area (Å²) in [6.45, 7) is 1.11. The normalized spacial score (nSPS) is 13.0. The standard InChI is InChI=1S/C19H15ClN4O3S2.CH4O3S/c20-15-6-5-14(29-15)17(25)23-13-7-10-28-16(13)18(26)22-11-1-3-12(4-2-11)24-8-9-27-19(24)21;1-5(2,3)4/h1-7,10,21H,8-9H2,(H,22,26)(H,23,25);1H3,(H,2,3,4). The van der Waals surface area contributed by atoms with Gasteiger partial charge >= 0.3 is 0 Å². The molecule has 34 heavy (non-hydrogen) atoms. The summed E-state index contributed by atoms with van der Waals surface area (Å²) in [5, 5.41) is 15.1. The van der Waals surface area contributed by atoms with E-state index in [1.807, 2.05) is 12.1 Å². The second-order valence-electron chi connectivity index (χ2n) is 6.76. The van der Waals surface area contributed by atoms with Gasteiger partial charge in [-0.1, -0.05) is 11.6 Å². The van der Waals surface area contributed by atoms with E-state index in [0.717, 1.165) is 5.69 Å². The molecule has 1 aromatic carbocycles. The third kappa shape index (κ3) is 7.27. The summed E-state index contributed by atoms with van der Waals surface area (Å²) in [5.74, 6) is -0.626. The van der Waals surface area contributed by atoms with Gasteiger partial charge in [0.1, 0.15) is 11.5 Å². The molecule has 3 heterocycles. The first kappa shape index (κ1) is 25.6. The topological polar surface area (TPSA) is 149 Å². The molecule has 2 amide bonds. The highest BCUT2D eigenvalue weighted by atomic mass is 35.5. The van der Waals surface area contributed by atoms with Crippen molar-refractivity contribution in [3.05, 3.63) is 61.9 Å². The summed E-state index contributed by atoms with van der Waals surface area (Å²) in [6, 6.07) is 12.3. The number of amides is 2. The Balaban J connectivity index is 0.000000588. The van der Waals surface area contributed by atoms with E-state index in [-0.39, 0.29) is 17.8 Å². The molecule has 0 bridgehead atoms.